The fourth-order valence-electron chi connectivity index (χ4n) is 1.13. The van der Waals surface area contributed by atoms with E-state index >= 15 is 0 Å². The molecule has 15 heavy (non-hydrogen) atoms. The fraction of sp³-hybridized carbons (Fsp3) is 0.222. The third kappa shape index (κ3) is 2.33. The number of halogens is 1. The molecule has 0 radical (unpaired) electrons. The number of hydrogen-bond acceptors (Lipinski definition) is 4. The molecular formula is C9H8BrNO4. The Balaban J connectivity index is 3.43. The van der Waals surface area contributed by atoms with Crippen molar-refractivity contribution in [2.24, 2.45) is 0 Å². The molecule has 5 nitrogen and oxygen atoms in total. The lowest BCUT2D eigenvalue weighted by Gasteiger charge is -2.06. The van der Waals surface area contributed by atoms with E-state index in [1.54, 1.807) is 0 Å². The van der Waals surface area contributed by atoms with Gasteiger partial charge in [0.2, 0.25) is 0 Å². The van der Waals surface area contributed by atoms with Crippen LogP contribution in [-0.4, -0.2) is 17.8 Å². The van der Waals surface area contributed by atoms with E-state index in [1.165, 1.54) is 26.2 Å². The standard InChI is InChI=1S/C9H8BrNO4/c1-5(12)6-3-8(11(13)14)7(10)4-9(6)15-2/h3-4H,1-2H3. The number of hydrogen-bond donors (Lipinski definition) is 0. The summed E-state index contributed by atoms with van der Waals surface area (Å²) in [4.78, 5) is 21.3. The Morgan fingerprint density at radius 1 is 1.53 bits per heavy atom. The van der Waals surface area contributed by atoms with Crippen LogP contribution in [-0.2, 0) is 0 Å². The first-order valence-electron chi connectivity index (χ1n) is 4.00. The Morgan fingerprint density at radius 2 is 2.13 bits per heavy atom. The van der Waals surface area contributed by atoms with Gasteiger partial charge in [0.25, 0.3) is 5.69 Å². The first kappa shape index (κ1) is 11.6. The van der Waals surface area contributed by atoms with Gasteiger partial charge in [-0.15, -0.1) is 0 Å². The third-order valence-electron chi connectivity index (χ3n) is 1.84. The normalized spacial score (nSPS) is 9.80. The van der Waals surface area contributed by atoms with E-state index in [2.05, 4.69) is 15.9 Å². The lowest BCUT2D eigenvalue weighted by molar-refractivity contribution is -0.385. The molecule has 0 spiro atoms. The highest BCUT2D eigenvalue weighted by atomic mass is 79.9. The number of carbonyl (C=O) groups excluding carboxylic acids is 1. The van der Waals surface area contributed by atoms with Gasteiger partial charge < -0.3 is 4.74 Å². The van der Waals surface area contributed by atoms with Gasteiger partial charge in [-0.1, -0.05) is 0 Å². The van der Waals surface area contributed by atoms with Crippen LogP contribution >= 0.6 is 15.9 Å². The predicted molar refractivity (Wildman–Crippen MR) is 57.4 cm³/mol. The number of rotatable bonds is 3. The maximum absolute atomic E-state index is 11.2. The molecule has 0 saturated carbocycles. The Bertz CT molecular complexity index is 430. The summed E-state index contributed by atoms with van der Waals surface area (Å²) in [5.74, 6) is 0.0439. The number of ketones is 1. The van der Waals surface area contributed by atoms with Crippen LogP contribution in [0.2, 0.25) is 0 Å². The van der Waals surface area contributed by atoms with Crippen molar-refractivity contribution >= 4 is 27.4 Å². The SMILES string of the molecule is COc1cc(Br)c([N+](=O)[O-])cc1C(C)=O. The first-order chi connectivity index (χ1) is 6.97. The zero-order valence-electron chi connectivity index (χ0n) is 8.11. The van der Waals surface area contributed by atoms with Gasteiger partial charge in [0.1, 0.15) is 5.75 Å². The maximum Gasteiger partial charge on any atom is 0.284 e. The van der Waals surface area contributed by atoms with Crippen LogP contribution in [0.4, 0.5) is 5.69 Å². The van der Waals surface area contributed by atoms with Gasteiger partial charge in [0.15, 0.2) is 5.78 Å². The smallest absolute Gasteiger partial charge is 0.284 e. The van der Waals surface area contributed by atoms with Crippen LogP contribution in [0.15, 0.2) is 16.6 Å². The molecule has 0 aromatic heterocycles. The topological polar surface area (TPSA) is 69.4 Å². The van der Waals surface area contributed by atoms with Crippen LogP contribution in [0.5, 0.6) is 5.75 Å². The van der Waals surface area contributed by atoms with E-state index in [4.69, 9.17) is 4.74 Å². The highest BCUT2D eigenvalue weighted by Crippen LogP contribution is 2.32. The minimum absolute atomic E-state index is 0.152. The quantitative estimate of drug-likeness (QED) is 0.482. The van der Waals surface area contributed by atoms with Crippen molar-refractivity contribution in [3.05, 3.63) is 32.3 Å². The molecule has 0 unspecified atom stereocenters. The molecule has 0 atom stereocenters. The number of benzene rings is 1. The van der Waals surface area contributed by atoms with E-state index < -0.39 is 4.92 Å². The van der Waals surface area contributed by atoms with Gasteiger partial charge in [-0.2, -0.15) is 0 Å². The van der Waals surface area contributed by atoms with Crippen LogP contribution in [0, 0.1) is 10.1 Å². The molecule has 1 aromatic rings. The van der Waals surface area contributed by atoms with Crippen molar-refractivity contribution in [3.8, 4) is 5.75 Å². The average Bonchev–Trinajstić information content (AvgIpc) is 2.16. The second-order valence-corrected chi connectivity index (χ2v) is 3.67. The summed E-state index contributed by atoms with van der Waals surface area (Å²) in [5, 5.41) is 10.6. The van der Waals surface area contributed by atoms with Crippen LogP contribution < -0.4 is 4.74 Å². The minimum Gasteiger partial charge on any atom is -0.496 e. The van der Waals surface area contributed by atoms with Crippen LogP contribution in [0.3, 0.4) is 0 Å². The molecule has 0 N–H and O–H groups in total. The van der Waals surface area contributed by atoms with Crippen molar-refractivity contribution < 1.29 is 14.5 Å². The highest BCUT2D eigenvalue weighted by molar-refractivity contribution is 9.10. The number of nitro benzene ring substituents is 1. The molecule has 0 bridgehead atoms. The van der Waals surface area contributed by atoms with Crippen LogP contribution in [0.25, 0.3) is 0 Å². The maximum atomic E-state index is 11.2. The van der Waals surface area contributed by atoms with Crippen LogP contribution in [0.1, 0.15) is 17.3 Å². The molecule has 0 saturated heterocycles. The lowest BCUT2D eigenvalue weighted by atomic mass is 10.1. The molecule has 0 amide bonds. The molecule has 0 aliphatic heterocycles. The summed E-state index contributed by atoms with van der Waals surface area (Å²) < 4.78 is 5.24. The van der Waals surface area contributed by atoms with Gasteiger partial charge in [0.05, 0.1) is 22.1 Å². The zero-order chi connectivity index (χ0) is 11.6. The summed E-state index contributed by atoms with van der Waals surface area (Å²) in [6, 6.07) is 2.61. The number of nitro groups is 1. The zero-order valence-corrected chi connectivity index (χ0v) is 9.70. The predicted octanol–water partition coefficient (Wildman–Crippen LogP) is 2.57. The Labute approximate surface area is 94.3 Å². The van der Waals surface area contributed by atoms with Gasteiger partial charge in [-0.3, -0.25) is 14.9 Å². The molecule has 6 heteroatoms. The number of carbonyl (C=O) groups is 1. The van der Waals surface area contributed by atoms with Crippen molar-refractivity contribution in [3.63, 3.8) is 0 Å². The molecule has 1 aromatic carbocycles. The van der Waals surface area contributed by atoms with E-state index in [0.717, 1.165) is 0 Å². The van der Waals surface area contributed by atoms with Crippen molar-refractivity contribution in [2.75, 3.05) is 7.11 Å². The van der Waals surface area contributed by atoms with Crippen molar-refractivity contribution in [1.82, 2.24) is 0 Å². The van der Waals surface area contributed by atoms with E-state index in [1.807, 2.05) is 0 Å². The highest BCUT2D eigenvalue weighted by Gasteiger charge is 2.18. The lowest BCUT2D eigenvalue weighted by Crippen LogP contribution is -2.00. The number of Topliss-reactive ketones (excluding diaryl/α,β-unsaturated/α-hetero) is 1. The Hall–Kier alpha value is -1.43. The first-order valence-corrected chi connectivity index (χ1v) is 4.79. The minimum atomic E-state index is -0.560. The van der Waals surface area contributed by atoms with E-state index in [0.29, 0.717) is 5.75 Å². The van der Waals surface area contributed by atoms with Crippen molar-refractivity contribution in [2.45, 2.75) is 6.92 Å². The summed E-state index contributed by atoms with van der Waals surface area (Å²) in [6.45, 7) is 1.33. The third-order valence-corrected chi connectivity index (χ3v) is 2.48. The number of ether oxygens (including phenoxy) is 1. The molecule has 0 aliphatic carbocycles. The van der Waals surface area contributed by atoms with E-state index in [-0.39, 0.29) is 21.5 Å². The largest absolute Gasteiger partial charge is 0.496 e. The van der Waals surface area contributed by atoms with E-state index in [9.17, 15) is 14.9 Å². The second kappa shape index (κ2) is 4.39. The fourth-order valence-corrected chi connectivity index (χ4v) is 1.59. The summed E-state index contributed by atoms with van der Waals surface area (Å²) >= 11 is 3.04. The summed E-state index contributed by atoms with van der Waals surface area (Å²) in [7, 11) is 1.40. The summed E-state index contributed by atoms with van der Waals surface area (Å²) in [5.41, 5.74) is 0.0494. The van der Waals surface area contributed by atoms with Gasteiger partial charge in [0, 0.05) is 12.1 Å². The van der Waals surface area contributed by atoms with Gasteiger partial charge in [-0.05, 0) is 22.9 Å². The molecule has 1 rings (SSSR count). The Morgan fingerprint density at radius 3 is 2.53 bits per heavy atom. The second-order valence-electron chi connectivity index (χ2n) is 2.82. The molecule has 0 fully saturated rings. The van der Waals surface area contributed by atoms with Gasteiger partial charge in [-0.25, -0.2) is 0 Å². The molecule has 80 valence electrons. The molecule has 0 aliphatic rings. The average molecular weight is 274 g/mol. The monoisotopic (exact) mass is 273 g/mol. The molecule has 0 heterocycles. The molecular weight excluding hydrogens is 266 g/mol. The number of nitrogens with zero attached hydrogens (tertiary/aromatic N) is 1. The summed E-state index contributed by atoms with van der Waals surface area (Å²) in [6.07, 6.45) is 0. The van der Waals surface area contributed by atoms with Gasteiger partial charge >= 0.3 is 0 Å². The Kier molecular flexibility index (Phi) is 3.41. The van der Waals surface area contributed by atoms with Crippen molar-refractivity contribution in [1.29, 1.82) is 0 Å². The number of methoxy groups -OCH3 is 1.